The Bertz CT molecular complexity index is 1010. The predicted octanol–water partition coefficient (Wildman–Crippen LogP) is 3.77. The highest BCUT2D eigenvalue weighted by atomic mass is 19.4. The summed E-state index contributed by atoms with van der Waals surface area (Å²) >= 11 is 0. The molecule has 2 aromatic heterocycles. The molecule has 3 aromatic rings. The maximum atomic E-state index is 12.8. The molecular weight excluding hydrogens is 385 g/mol. The van der Waals surface area contributed by atoms with Crippen LogP contribution in [-0.4, -0.2) is 40.3 Å². The van der Waals surface area contributed by atoms with Crippen LogP contribution in [0, 0.1) is 0 Å². The van der Waals surface area contributed by atoms with Gasteiger partial charge in [0, 0.05) is 31.0 Å². The van der Waals surface area contributed by atoms with Gasteiger partial charge in [-0.05, 0) is 37.1 Å². The summed E-state index contributed by atoms with van der Waals surface area (Å²) in [7, 11) is 0. The zero-order valence-electron chi connectivity index (χ0n) is 15.3. The molecule has 3 heterocycles. The van der Waals surface area contributed by atoms with E-state index < -0.39 is 17.8 Å². The molecule has 0 radical (unpaired) electrons. The van der Waals surface area contributed by atoms with Crippen LogP contribution in [0.5, 0.6) is 0 Å². The molecule has 0 aliphatic carbocycles. The molecule has 3 N–H and O–H groups in total. The van der Waals surface area contributed by atoms with Crippen LogP contribution in [0.4, 0.5) is 29.3 Å². The number of H-pyrrole nitrogens is 1. The molecule has 4 rings (SSSR count). The normalized spacial score (nSPS) is 15.5. The van der Waals surface area contributed by atoms with Crippen LogP contribution in [0.25, 0.3) is 11.0 Å². The number of halogens is 3. The fourth-order valence-corrected chi connectivity index (χ4v) is 3.50. The lowest BCUT2D eigenvalue weighted by atomic mass is 10.0. The summed E-state index contributed by atoms with van der Waals surface area (Å²) in [4.78, 5) is 18.6. The Morgan fingerprint density at radius 2 is 2.00 bits per heavy atom. The van der Waals surface area contributed by atoms with E-state index in [9.17, 15) is 18.0 Å². The fraction of sp³-hybridized carbons (Fsp3) is 0.316. The predicted molar refractivity (Wildman–Crippen MR) is 103 cm³/mol. The summed E-state index contributed by atoms with van der Waals surface area (Å²) < 4.78 is 38.4. The van der Waals surface area contributed by atoms with Gasteiger partial charge in [0.2, 0.25) is 0 Å². The van der Waals surface area contributed by atoms with Crippen LogP contribution >= 0.6 is 0 Å². The van der Waals surface area contributed by atoms with Crippen LogP contribution in [0.15, 0.2) is 42.7 Å². The van der Waals surface area contributed by atoms with Crippen LogP contribution in [0.3, 0.4) is 0 Å². The molecule has 0 unspecified atom stereocenters. The quantitative estimate of drug-likeness (QED) is 0.620. The van der Waals surface area contributed by atoms with E-state index >= 15 is 0 Å². The molecule has 0 saturated carbocycles. The number of aromatic amines is 1. The van der Waals surface area contributed by atoms with Crippen molar-refractivity contribution in [1.82, 2.24) is 20.5 Å². The van der Waals surface area contributed by atoms with Crippen molar-refractivity contribution in [3.05, 3.63) is 48.3 Å². The monoisotopic (exact) mass is 404 g/mol. The lowest BCUT2D eigenvalue weighted by Crippen LogP contribution is -2.46. The van der Waals surface area contributed by atoms with Gasteiger partial charge in [-0.15, -0.1) is 0 Å². The van der Waals surface area contributed by atoms with Crippen molar-refractivity contribution in [2.24, 2.45) is 0 Å². The Hall–Kier alpha value is -3.30. The van der Waals surface area contributed by atoms with Gasteiger partial charge in [-0.25, -0.2) is 9.78 Å². The van der Waals surface area contributed by atoms with Gasteiger partial charge in [-0.1, -0.05) is 6.07 Å². The topological polar surface area (TPSA) is 85.9 Å². The number of hydrogen-bond acceptors (Lipinski definition) is 4. The number of urea groups is 1. The first-order chi connectivity index (χ1) is 13.9. The van der Waals surface area contributed by atoms with Crippen LogP contribution < -0.4 is 15.5 Å². The van der Waals surface area contributed by atoms with E-state index in [1.54, 1.807) is 12.4 Å². The van der Waals surface area contributed by atoms with Crippen molar-refractivity contribution >= 4 is 28.4 Å². The van der Waals surface area contributed by atoms with Gasteiger partial charge in [0.15, 0.2) is 5.65 Å². The lowest BCUT2D eigenvalue weighted by molar-refractivity contribution is -0.137. The zero-order valence-corrected chi connectivity index (χ0v) is 15.3. The summed E-state index contributed by atoms with van der Waals surface area (Å²) in [6, 6.07) is 5.95. The first kappa shape index (κ1) is 19.0. The first-order valence-electron chi connectivity index (χ1n) is 9.18. The number of pyridine rings is 1. The molecule has 7 nitrogen and oxygen atoms in total. The van der Waals surface area contributed by atoms with Crippen molar-refractivity contribution in [2.45, 2.75) is 25.1 Å². The average Bonchev–Trinajstić information content (AvgIpc) is 3.17. The van der Waals surface area contributed by atoms with Crippen molar-refractivity contribution in [3.63, 3.8) is 0 Å². The maximum Gasteiger partial charge on any atom is 0.416 e. The minimum atomic E-state index is -4.45. The number of aromatic nitrogens is 3. The van der Waals surface area contributed by atoms with Gasteiger partial charge in [0.05, 0.1) is 22.8 Å². The first-order valence-corrected chi connectivity index (χ1v) is 9.18. The highest BCUT2D eigenvalue weighted by Gasteiger charge is 2.30. The molecule has 1 aliphatic heterocycles. The molecule has 152 valence electrons. The Labute approximate surface area is 164 Å². The van der Waals surface area contributed by atoms with Crippen LogP contribution in [-0.2, 0) is 6.18 Å². The Balaban J connectivity index is 1.33. The third-order valence-corrected chi connectivity index (χ3v) is 4.95. The van der Waals surface area contributed by atoms with E-state index in [1.807, 2.05) is 6.07 Å². The number of nitrogens with zero attached hydrogens (tertiary/aromatic N) is 3. The summed E-state index contributed by atoms with van der Waals surface area (Å²) in [6.07, 6.45) is 0.455. The lowest BCUT2D eigenvalue weighted by Gasteiger charge is -2.34. The molecule has 1 aliphatic rings. The standard InChI is InChI=1S/C19H19F3N6O/c20-19(21,22)12-2-1-3-14(10-12)26-18(29)25-13-5-8-28(9-6-13)16-4-7-23-17-15(16)11-24-27-17/h1-4,7,10-11,13H,5-6,8-9H2,(H,23,24,27)(H2,25,26,29). The largest absolute Gasteiger partial charge is 0.416 e. The van der Waals surface area contributed by atoms with E-state index in [1.165, 1.54) is 12.1 Å². The number of carbonyl (C=O) groups is 1. The molecule has 29 heavy (non-hydrogen) atoms. The second-order valence-corrected chi connectivity index (χ2v) is 6.90. The Morgan fingerprint density at radius 3 is 2.76 bits per heavy atom. The molecule has 0 atom stereocenters. The number of hydrogen-bond donors (Lipinski definition) is 3. The molecule has 1 aromatic carbocycles. The smallest absolute Gasteiger partial charge is 0.371 e. The van der Waals surface area contributed by atoms with Gasteiger partial charge in [0.25, 0.3) is 0 Å². The number of benzene rings is 1. The number of amides is 2. The van der Waals surface area contributed by atoms with E-state index in [-0.39, 0.29) is 11.7 Å². The Morgan fingerprint density at radius 1 is 1.21 bits per heavy atom. The molecule has 2 amide bonds. The number of nitrogens with one attached hydrogen (secondary N) is 3. The highest BCUT2D eigenvalue weighted by molar-refractivity contribution is 5.90. The van der Waals surface area contributed by atoms with Gasteiger partial charge >= 0.3 is 12.2 Å². The van der Waals surface area contributed by atoms with Crippen molar-refractivity contribution in [3.8, 4) is 0 Å². The Kier molecular flexibility index (Phi) is 4.99. The summed E-state index contributed by atoms with van der Waals surface area (Å²) in [6.45, 7) is 1.47. The van der Waals surface area contributed by atoms with Crippen molar-refractivity contribution in [1.29, 1.82) is 0 Å². The van der Waals surface area contributed by atoms with Gasteiger partial charge in [-0.3, -0.25) is 5.10 Å². The molecular formula is C19H19F3N6O. The summed E-state index contributed by atoms with van der Waals surface area (Å²) in [5, 5.41) is 13.1. The number of anilines is 2. The molecule has 0 spiro atoms. The van der Waals surface area contributed by atoms with E-state index in [0.29, 0.717) is 0 Å². The zero-order chi connectivity index (χ0) is 20.4. The van der Waals surface area contributed by atoms with Crippen molar-refractivity contribution in [2.75, 3.05) is 23.3 Å². The fourth-order valence-electron chi connectivity index (χ4n) is 3.50. The SMILES string of the molecule is O=C(Nc1cccc(C(F)(F)F)c1)NC1CCN(c2ccnc3[nH]ncc23)CC1. The van der Waals surface area contributed by atoms with E-state index in [2.05, 4.69) is 30.7 Å². The highest BCUT2D eigenvalue weighted by Crippen LogP contribution is 2.31. The van der Waals surface area contributed by atoms with Gasteiger partial charge in [-0.2, -0.15) is 18.3 Å². The molecule has 1 saturated heterocycles. The average molecular weight is 404 g/mol. The maximum absolute atomic E-state index is 12.8. The number of alkyl halides is 3. The van der Waals surface area contributed by atoms with Crippen LogP contribution in [0.2, 0.25) is 0 Å². The summed E-state index contributed by atoms with van der Waals surface area (Å²) in [5.74, 6) is 0. The third-order valence-electron chi connectivity index (χ3n) is 4.95. The number of carbonyl (C=O) groups excluding carboxylic acids is 1. The second-order valence-electron chi connectivity index (χ2n) is 6.90. The minimum absolute atomic E-state index is 0.0567. The molecule has 10 heteroatoms. The number of fused-ring (bicyclic) bond motifs is 1. The van der Waals surface area contributed by atoms with Gasteiger partial charge < -0.3 is 15.5 Å². The third kappa shape index (κ3) is 4.25. The second kappa shape index (κ2) is 7.61. The van der Waals surface area contributed by atoms with Gasteiger partial charge in [0.1, 0.15) is 0 Å². The number of piperidine rings is 1. The minimum Gasteiger partial charge on any atom is -0.371 e. The van der Waals surface area contributed by atoms with Crippen molar-refractivity contribution < 1.29 is 18.0 Å². The number of rotatable bonds is 3. The summed E-state index contributed by atoms with van der Waals surface area (Å²) in [5.41, 5.74) is 1.07. The van der Waals surface area contributed by atoms with Crippen LogP contribution in [0.1, 0.15) is 18.4 Å². The molecule has 0 bridgehead atoms. The van der Waals surface area contributed by atoms with E-state index in [0.717, 1.165) is 54.8 Å². The van der Waals surface area contributed by atoms with E-state index in [4.69, 9.17) is 0 Å². The molecule has 1 fully saturated rings.